The van der Waals surface area contributed by atoms with Crippen LogP contribution in [0.15, 0.2) is 39.7 Å². The van der Waals surface area contributed by atoms with Crippen LogP contribution in [0.4, 0.5) is 5.69 Å². The number of rotatable bonds is 9. The number of guanidine groups is 1. The highest BCUT2D eigenvalue weighted by molar-refractivity contribution is 14.0. The summed E-state index contributed by atoms with van der Waals surface area (Å²) in [6, 6.07) is 9.86. The van der Waals surface area contributed by atoms with E-state index in [9.17, 15) is 0 Å². The first-order valence-electron chi connectivity index (χ1n) is 10.9. The number of anilines is 1. The Morgan fingerprint density at radius 3 is 2.56 bits per heavy atom. The molecule has 1 saturated heterocycles. The summed E-state index contributed by atoms with van der Waals surface area (Å²) in [6.07, 6.45) is 0. The molecule has 0 amide bonds. The lowest BCUT2D eigenvalue weighted by Gasteiger charge is -2.32. The van der Waals surface area contributed by atoms with Crippen LogP contribution in [-0.4, -0.2) is 64.0 Å². The molecule has 0 spiro atoms. The Labute approximate surface area is 207 Å². The number of furan rings is 1. The van der Waals surface area contributed by atoms with Crippen molar-refractivity contribution in [2.45, 2.75) is 26.8 Å². The van der Waals surface area contributed by atoms with Crippen LogP contribution in [0, 0.1) is 6.92 Å². The van der Waals surface area contributed by atoms with E-state index >= 15 is 0 Å². The van der Waals surface area contributed by atoms with Crippen LogP contribution in [0.1, 0.15) is 31.4 Å². The molecule has 1 atom stereocenters. The number of ether oxygens (including phenoxy) is 3. The maximum absolute atomic E-state index is 5.95. The first kappa shape index (κ1) is 26.3. The minimum atomic E-state index is 0. The van der Waals surface area contributed by atoms with Gasteiger partial charge in [0.25, 0.3) is 0 Å². The monoisotopic (exact) mass is 558 g/mol. The van der Waals surface area contributed by atoms with Crippen molar-refractivity contribution in [3.05, 3.63) is 41.9 Å². The molecule has 1 aromatic carbocycles. The molecule has 9 heteroatoms. The second kappa shape index (κ2) is 13.5. The molecule has 0 aliphatic carbocycles. The zero-order valence-corrected chi connectivity index (χ0v) is 21.7. The number of benzene rings is 1. The summed E-state index contributed by atoms with van der Waals surface area (Å²) in [7, 11) is 1.64. The van der Waals surface area contributed by atoms with E-state index in [2.05, 4.69) is 15.5 Å². The predicted molar refractivity (Wildman–Crippen MR) is 138 cm³/mol. The lowest BCUT2D eigenvalue weighted by atomic mass is 10.1. The Balaban J connectivity index is 0.00000363. The summed E-state index contributed by atoms with van der Waals surface area (Å²) in [5.74, 6) is 3.95. The predicted octanol–water partition coefficient (Wildman–Crippen LogP) is 4.06. The molecule has 2 N–H and O–H groups in total. The van der Waals surface area contributed by atoms with Crippen molar-refractivity contribution >= 4 is 35.6 Å². The third-order valence-electron chi connectivity index (χ3n) is 5.07. The molecule has 1 aliphatic rings. The Morgan fingerprint density at radius 2 is 1.94 bits per heavy atom. The van der Waals surface area contributed by atoms with Gasteiger partial charge in [0.2, 0.25) is 0 Å². The Hall–Kier alpha value is -1.98. The quantitative estimate of drug-likeness (QED) is 0.273. The number of aryl methyl sites for hydroxylation is 1. The normalized spacial score (nSPS) is 15.6. The fourth-order valence-electron chi connectivity index (χ4n) is 3.55. The third-order valence-corrected chi connectivity index (χ3v) is 5.07. The number of halogens is 1. The minimum absolute atomic E-state index is 0. The molecular formula is C23H35IN4O4. The third kappa shape index (κ3) is 7.28. The molecule has 3 rings (SSSR count). The van der Waals surface area contributed by atoms with Gasteiger partial charge in [-0.15, -0.1) is 24.0 Å². The number of nitrogens with zero attached hydrogens (tertiary/aromatic N) is 2. The van der Waals surface area contributed by atoms with Gasteiger partial charge < -0.3 is 29.3 Å². The van der Waals surface area contributed by atoms with Crippen LogP contribution in [-0.2, 0) is 4.74 Å². The van der Waals surface area contributed by atoms with Gasteiger partial charge in [-0.2, -0.15) is 0 Å². The van der Waals surface area contributed by atoms with Gasteiger partial charge >= 0.3 is 0 Å². The summed E-state index contributed by atoms with van der Waals surface area (Å²) in [4.78, 5) is 7.24. The van der Waals surface area contributed by atoms with E-state index in [4.69, 9.17) is 23.6 Å². The smallest absolute Gasteiger partial charge is 0.195 e. The van der Waals surface area contributed by atoms with Gasteiger partial charge in [0.1, 0.15) is 11.5 Å². The molecule has 178 valence electrons. The first-order valence-corrected chi connectivity index (χ1v) is 10.9. The van der Waals surface area contributed by atoms with Crippen molar-refractivity contribution in [2.24, 2.45) is 4.99 Å². The number of morpholine rings is 1. The highest BCUT2D eigenvalue weighted by Crippen LogP contribution is 2.30. The lowest BCUT2D eigenvalue weighted by Crippen LogP contribution is -2.40. The van der Waals surface area contributed by atoms with Crippen molar-refractivity contribution in [3.8, 4) is 11.5 Å². The number of aliphatic imine (C=N–C) groups is 1. The SMILES string of the molecule is CCNC(=NCC(c1ccc(C)o1)N1CCOCC1)Nc1ccc(OC)c(OCC)c1.I. The molecule has 32 heavy (non-hydrogen) atoms. The topological polar surface area (TPSA) is 80.5 Å². The molecule has 0 bridgehead atoms. The zero-order valence-electron chi connectivity index (χ0n) is 19.3. The summed E-state index contributed by atoms with van der Waals surface area (Å²) in [5, 5.41) is 6.69. The van der Waals surface area contributed by atoms with Gasteiger partial charge in [-0.3, -0.25) is 9.89 Å². The van der Waals surface area contributed by atoms with E-state index in [1.54, 1.807) is 7.11 Å². The summed E-state index contributed by atoms with van der Waals surface area (Å²) < 4.78 is 22.6. The van der Waals surface area contributed by atoms with Crippen molar-refractivity contribution in [1.82, 2.24) is 10.2 Å². The molecular weight excluding hydrogens is 523 g/mol. The van der Waals surface area contributed by atoms with Crippen LogP contribution in [0.25, 0.3) is 0 Å². The van der Waals surface area contributed by atoms with Crippen molar-refractivity contribution in [1.29, 1.82) is 0 Å². The number of nitrogens with one attached hydrogen (secondary N) is 2. The van der Waals surface area contributed by atoms with E-state index in [0.29, 0.717) is 30.6 Å². The second-order valence-corrected chi connectivity index (χ2v) is 7.26. The van der Waals surface area contributed by atoms with E-state index < -0.39 is 0 Å². The van der Waals surface area contributed by atoms with Gasteiger partial charge in [-0.05, 0) is 45.0 Å². The van der Waals surface area contributed by atoms with Crippen molar-refractivity contribution in [2.75, 3.05) is 58.4 Å². The maximum atomic E-state index is 5.95. The highest BCUT2D eigenvalue weighted by atomic mass is 127. The summed E-state index contributed by atoms with van der Waals surface area (Å²) in [5.41, 5.74) is 0.876. The highest BCUT2D eigenvalue weighted by Gasteiger charge is 2.25. The molecule has 0 radical (unpaired) electrons. The number of hydrogen-bond acceptors (Lipinski definition) is 6. The molecule has 2 heterocycles. The van der Waals surface area contributed by atoms with E-state index in [1.807, 2.05) is 51.1 Å². The average Bonchev–Trinajstić information content (AvgIpc) is 3.21. The molecule has 1 unspecified atom stereocenters. The Morgan fingerprint density at radius 1 is 1.16 bits per heavy atom. The van der Waals surface area contributed by atoms with E-state index in [-0.39, 0.29) is 30.0 Å². The molecule has 2 aromatic rings. The van der Waals surface area contributed by atoms with Crippen molar-refractivity contribution in [3.63, 3.8) is 0 Å². The van der Waals surface area contributed by atoms with Gasteiger partial charge in [0.15, 0.2) is 17.5 Å². The summed E-state index contributed by atoms with van der Waals surface area (Å²) in [6.45, 7) is 11.0. The Bertz CT molecular complexity index is 852. The molecule has 0 saturated carbocycles. The fraction of sp³-hybridized carbons (Fsp3) is 0.522. The second-order valence-electron chi connectivity index (χ2n) is 7.26. The summed E-state index contributed by atoms with van der Waals surface area (Å²) >= 11 is 0. The van der Waals surface area contributed by atoms with Gasteiger partial charge in [-0.25, -0.2) is 0 Å². The van der Waals surface area contributed by atoms with E-state index in [1.165, 1.54) is 0 Å². The minimum Gasteiger partial charge on any atom is -0.493 e. The molecule has 1 fully saturated rings. The van der Waals surface area contributed by atoms with Crippen LogP contribution < -0.4 is 20.1 Å². The molecule has 8 nitrogen and oxygen atoms in total. The lowest BCUT2D eigenvalue weighted by molar-refractivity contribution is 0.0135. The fourth-order valence-corrected chi connectivity index (χ4v) is 3.55. The molecule has 1 aliphatic heterocycles. The average molecular weight is 558 g/mol. The largest absolute Gasteiger partial charge is 0.493 e. The number of hydrogen-bond donors (Lipinski definition) is 2. The van der Waals surface area contributed by atoms with Gasteiger partial charge in [0.05, 0.1) is 39.5 Å². The van der Waals surface area contributed by atoms with Gasteiger partial charge in [0, 0.05) is 31.4 Å². The van der Waals surface area contributed by atoms with Crippen LogP contribution in [0.5, 0.6) is 11.5 Å². The van der Waals surface area contributed by atoms with Crippen LogP contribution in [0.3, 0.4) is 0 Å². The standard InChI is InChI=1S/C23H34N4O4.HI/c1-5-24-23(26-18-8-10-21(28-4)22(15-18)30-6-2)25-16-19(20-9-7-17(3)31-20)27-11-13-29-14-12-27;/h7-10,15,19H,5-6,11-14,16H2,1-4H3,(H2,24,25,26);1H. The Kier molecular flexibility index (Phi) is 11.1. The zero-order chi connectivity index (χ0) is 22.1. The van der Waals surface area contributed by atoms with Crippen molar-refractivity contribution < 1.29 is 18.6 Å². The van der Waals surface area contributed by atoms with Crippen LogP contribution >= 0.6 is 24.0 Å². The van der Waals surface area contributed by atoms with Crippen LogP contribution in [0.2, 0.25) is 0 Å². The number of methoxy groups -OCH3 is 1. The maximum Gasteiger partial charge on any atom is 0.195 e. The van der Waals surface area contributed by atoms with E-state index in [0.717, 1.165) is 50.1 Å². The van der Waals surface area contributed by atoms with Gasteiger partial charge in [-0.1, -0.05) is 0 Å². The first-order chi connectivity index (χ1) is 15.1. The molecule has 1 aromatic heterocycles.